The first-order valence-electron chi connectivity index (χ1n) is 8.07. The maximum Gasteiger partial charge on any atom is 0.337 e. The molecule has 0 spiro atoms. The van der Waals surface area contributed by atoms with Crippen molar-refractivity contribution >= 4 is 40.1 Å². The lowest BCUT2D eigenvalue weighted by Gasteiger charge is -2.04. The van der Waals surface area contributed by atoms with Gasteiger partial charge in [-0.25, -0.2) is 4.79 Å². The van der Waals surface area contributed by atoms with E-state index in [4.69, 9.17) is 0 Å². The van der Waals surface area contributed by atoms with Gasteiger partial charge in [0, 0.05) is 11.3 Å². The van der Waals surface area contributed by atoms with Crippen LogP contribution in [0, 0.1) is 6.92 Å². The van der Waals surface area contributed by atoms with Gasteiger partial charge >= 0.3 is 5.97 Å². The zero-order valence-electron chi connectivity index (χ0n) is 14.8. The molecule has 3 rings (SSSR count). The molecule has 0 aliphatic heterocycles. The summed E-state index contributed by atoms with van der Waals surface area (Å²) in [7, 11) is 1.36. The molecule has 1 heterocycles. The number of amides is 1. The maximum atomic E-state index is 12.3. The average Bonchev–Trinajstić information content (AvgIpc) is 3.13. The third kappa shape index (κ3) is 4.93. The third-order valence-electron chi connectivity index (χ3n) is 3.75. The van der Waals surface area contributed by atoms with Crippen LogP contribution in [-0.4, -0.2) is 29.2 Å². The molecule has 1 N–H and O–H groups in total. The van der Waals surface area contributed by atoms with Crippen molar-refractivity contribution in [2.75, 3.05) is 12.4 Å². The smallest absolute Gasteiger partial charge is 0.337 e. The Balaban J connectivity index is 1.57. The van der Waals surface area contributed by atoms with Crippen molar-refractivity contribution < 1.29 is 14.3 Å². The van der Waals surface area contributed by atoms with Gasteiger partial charge in [0.15, 0.2) is 4.34 Å². The first kappa shape index (κ1) is 19.1. The Morgan fingerprint density at radius 1 is 1.11 bits per heavy atom. The van der Waals surface area contributed by atoms with Crippen molar-refractivity contribution in [1.82, 2.24) is 10.2 Å². The number of thioether (sulfide) groups is 1. The van der Waals surface area contributed by atoms with Crippen LogP contribution in [0.1, 0.15) is 31.8 Å². The van der Waals surface area contributed by atoms with Gasteiger partial charge in [0.1, 0.15) is 0 Å². The molecule has 2 aromatic carbocycles. The Kier molecular flexibility index (Phi) is 6.20. The number of rotatable bonds is 6. The predicted molar refractivity (Wildman–Crippen MR) is 106 cm³/mol. The molecule has 0 bridgehead atoms. The van der Waals surface area contributed by atoms with E-state index in [2.05, 4.69) is 20.3 Å². The van der Waals surface area contributed by atoms with Crippen molar-refractivity contribution in [3.05, 3.63) is 70.8 Å². The van der Waals surface area contributed by atoms with Crippen LogP contribution in [0.3, 0.4) is 0 Å². The summed E-state index contributed by atoms with van der Waals surface area (Å²) in [6, 6.07) is 14.6. The van der Waals surface area contributed by atoms with Crippen molar-refractivity contribution in [3.8, 4) is 0 Å². The number of aryl methyl sites for hydroxylation is 1. The number of nitrogens with one attached hydrogen (secondary N) is 1. The van der Waals surface area contributed by atoms with Crippen LogP contribution in [0.25, 0.3) is 0 Å². The Hall–Kier alpha value is -2.71. The van der Waals surface area contributed by atoms with Crippen LogP contribution in [0.4, 0.5) is 5.13 Å². The monoisotopic (exact) mass is 399 g/mol. The topological polar surface area (TPSA) is 81.2 Å². The Labute approximate surface area is 165 Å². The van der Waals surface area contributed by atoms with Gasteiger partial charge in [0.2, 0.25) is 5.13 Å². The molecule has 0 unspecified atom stereocenters. The molecule has 8 heteroatoms. The van der Waals surface area contributed by atoms with Gasteiger partial charge in [-0.15, -0.1) is 10.2 Å². The first-order chi connectivity index (χ1) is 13.1. The maximum absolute atomic E-state index is 12.3. The fraction of sp³-hybridized carbons (Fsp3) is 0.158. The number of methoxy groups -OCH3 is 1. The highest BCUT2D eigenvalue weighted by Gasteiger charge is 2.12. The van der Waals surface area contributed by atoms with Crippen LogP contribution in [0.15, 0.2) is 52.9 Å². The van der Waals surface area contributed by atoms with E-state index in [1.807, 2.05) is 37.3 Å². The number of hydrogen-bond donors (Lipinski definition) is 1. The van der Waals surface area contributed by atoms with Gasteiger partial charge < -0.3 is 4.74 Å². The number of hydrogen-bond acceptors (Lipinski definition) is 7. The van der Waals surface area contributed by atoms with Gasteiger partial charge in [-0.1, -0.05) is 53.4 Å². The molecule has 0 radical (unpaired) electrons. The fourth-order valence-electron chi connectivity index (χ4n) is 2.31. The van der Waals surface area contributed by atoms with E-state index in [1.165, 1.54) is 30.2 Å². The van der Waals surface area contributed by atoms with E-state index in [0.29, 0.717) is 22.0 Å². The van der Waals surface area contributed by atoms with Crippen LogP contribution >= 0.6 is 23.1 Å². The van der Waals surface area contributed by atoms with Crippen LogP contribution < -0.4 is 5.32 Å². The highest BCUT2D eigenvalue weighted by molar-refractivity contribution is 8.00. The van der Waals surface area contributed by atoms with E-state index < -0.39 is 0 Å². The number of benzene rings is 2. The summed E-state index contributed by atoms with van der Waals surface area (Å²) >= 11 is 2.85. The second-order valence-corrected chi connectivity index (χ2v) is 7.82. The molecule has 138 valence electrons. The molecule has 0 saturated carbocycles. The normalized spacial score (nSPS) is 10.4. The van der Waals surface area contributed by atoms with Crippen molar-refractivity contribution in [2.24, 2.45) is 0 Å². The van der Waals surface area contributed by atoms with Gasteiger partial charge in [0.25, 0.3) is 5.91 Å². The van der Waals surface area contributed by atoms with Crippen LogP contribution in [0.2, 0.25) is 0 Å². The summed E-state index contributed by atoms with van der Waals surface area (Å²) in [5.74, 6) is 0.133. The molecule has 1 amide bonds. The summed E-state index contributed by atoms with van der Waals surface area (Å²) in [5.41, 5.74) is 3.09. The molecule has 0 atom stereocenters. The number of carbonyl (C=O) groups is 2. The largest absolute Gasteiger partial charge is 0.465 e. The zero-order chi connectivity index (χ0) is 19.2. The minimum Gasteiger partial charge on any atom is -0.465 e. The minimum atomic E-state index is -0.354. The Morgan fingerprint density at radius 2 is 1.85 bits per heavy atom. The average molecular weight is 399 g/mol. The Morgan fingerprint density at radius 3 is 2.56 bits per heavy atom. The van der Waals surface area contributed by atoms with E-state index in [9.17, 15) is 9.59 Å². The van der Waals surface area contributed by atoms with E-state index in [-0.39, 0.29) is 11.9 Å². The number of ether oxygens (including phenoxy) is 1. The molecule has 27 heavy (non-hydrogen) atoms. The fourth-order valence-corrected chi connectivity index (χ4v) is 4.01. The molecule has 0 aliphatic rings. The van der Waals surface area contributed by atoms with Gasteiger partial charge in [-0.3, -0.25) is 10.1 Å². The quantitative estimate of drug-likeness (QED) is 0.380. The van der Waals surface area contributed by atoms with Gasteiger partial charge in [-0.2, -0.15) is 0 Å². The first-order valence-corrected chi connectivity index (χ1v) is 9.87. The van der Waals surface area contributed by atoms with E-state index in [1.54, 1.807) is 18.2 Å². The lowest BCUT2D eigenvalue weighted by molar-refractivity contribution is 0.0600. The lowest BCUT2D eigenvalue weighted by atomic mass is 10.1. The number of carbonyl (C=O) groups excluding carboxylic acids is 2. The molecule has 0 fully saturated rings. The van der Waals surface area contributed by atoms with Crippen LogP contribution in [0.5, 0.6) is 0 Å². The van der Waals surface area contributed by atoms with Crippen LogP contribution in [-0.2, 0) is 10.5 Å². The highest BCUT2D eigenvalue weighted by atomic mass is 32.2. The molecular formula is C19H17N3O3S2. The summed E-state index contributed by atoms with van der Waals surface area (Å²) < 4.78 is 5.44. The molecule has 1 aromatic heterocycles. The number of esters is 1. The van der Waals surface area contributed by atoms with Gasteiger partial charge in [-0.05, 0) is 36.2 Å². The minimum absolute atomic E-state index is 0.195. The number of aromatic nitrogens is 2. The van der Waals surface area contributed by atoms with E-state index in [0.717, 1.165) is 15.5 Å². The molecular weight excluding hydrogens is 382 g/mol. The lowest BCUT2D eigenvalue weighted by Crippen LogP contribution is -2.12. The number of anilines is 1. The second kappa shape index (κ2) is 8.79. The summed E-state index contributed by atoms with van der Waals surface area (Å²) in [6.45, 7) is 1.89. The summed E-state index contributed by atoms with van der Waals surface area (Å²) in [4.78, 5) is 23.8. The van der Waals surface area contributed by atoms with Crippen molar-refractivity contribution in [1.29, 1.82) is 0 Å². The SMILES string of the molecule is COC(=O)c1ccc(CSc2nnc(NC(=O)c3ccccc3C)s2)cc1. The molecule has 0 saturated heterocycles. The molecule has 3 aromatic rings. The molecule has 6 nitrogen and oxygen atoms in total. The van der Waals surface area contributed by atoms with Crippen molar-refractivity contribution in [3.63, 3.8) is 0 Å². The molecule has 0 aliphatic carbocycles. The second-order valence-electron chi connectivity index (χ2n) is 5.62. The highest BCUT2D eigenvalue weighted by Crippen LogP contribution is 2.28. The Bertz CT molecular complexity index is 955. The zero-order valence-corrected chi connectivity index (χ0v) is 16.4. The predicted octanol–water partition coefficient (Wildman–Crippen LogP) is 4.18. The van der Waals surface area contributed by atoms with Crippen molar-refractivity contribution in [2.45, 2.75) is 17.0 Å². The summed E-state index contributed by atoms with van der Waals surface area (Å²) in [6.07, 6.45) is 0. The summed E-state index contributed by atoms with van der Waals surface area (Å²) in [5, 5.41) is 11.4. The van der Waals surface area contributed by atoms with E-state index >= 15 is 0 Å². The third-order valence-corrected chi connectivity index (χ3v) is 5.80. The number of nitrogens with zero attached hydrogens (tertiary/aromatic N) is 2. The van der Waals surface area contributed by atoms with Gasteiger partial charge in [0.05, 0.1) is 12.7 Å². The standard InChI is InChI=1S/C19H17N3O3S2/c1-12-5-3-4-6-15(12)16(23)20-18-21-22-19(27-18)26-11-13-7-9-14(10-8-13)17(24)25-2/h3-10H,11H2,1-2H3,(H,20,21,23).